The molecule has 0 amide bonds. The summed E-state index contributed by atoms with van der Waals surface area (Å²) in [7, 11) is 0. The van der Waals surface area contributed by atoms with Crippen molar-refractivity contribution in [3.63, 3.8) is 0 Å². The van der Waals surface area contributed by atoms with E-state index < -0.39 is 0 Å². The minimum Gasteiger partial charge on any atom is -0.436 e. The van der Waals surface area contributed by atoms with Gasteiger partial charge in [-0.1, -0.05) is 0 Å². The zero-order valence-corrected chi connectivity index (χ0v) is 9.48. The molecule has 0 spiro atoms. The zero-order chi connectivity index (χ0) is 11.4. The van der Waals surface area contributed by atoms with Crippen LogP contribution in [0.15, 0.2) is 30.5 Å². The Bertz CT molecular complexity index is 473. The molecule has 0 aliphatic rings. The van der Waals surface area contributed by atoms with E-state index >= 15 is 0 Å². The summed E-state index contributed by atoms with van der Waals surface area (Å²) in [5.41, 5.74) is 1.53. The number of ether oxygens (including phenoxy) is 1. The highest BCUT2D eigenvalue weighted by atomic mass is 35.5. The van der Waals surface area contributed by atoms with Crippen LogP contribution in [0.5, 0.6) is 11.6 Å². The lowest BCUT2D eigenvalue weighted by molar-refractivity contribution is 0.448. The van der Waals surface area contributed by atoms with Crippen molar-refractivity contribution in [1.82, 2.24) is 15.2 Å². The fraction of sp³-hybridized carbons (Fsp3) is 0.182. The molecular weight excluding hydrogens is 226 g/mol. The number of hydrogen-bond donors (Lipinski definition) is 0. The van der Waals surface area contributed by atoms with Crippen LogP contribution in [0.4, 0.5) is 0 Å². The summed E-state index contributed by atoms with van der Waals surface area (Å²) < 4.78 is 5.53. The summed E-state index contributed by atoms with van der Waals surface area (Å²) in [5.74, 6) is 1.46. The molecule has 0 radical (unpaired) electrons. The summed E-state index contributed by atoms with van der Waals surface area (Å²) in [6.45, 7) is 1.87. The van der Waals surface area contributed by atoms with Gasteiger partial charge in [0.25, 0.3) is 0 Å². The van der Waals surface area contributed by atoms with E-state index in [0.717, 1.165) is 11.4 Å². The van der Waals surface area contributed by atoms with Gasteiger partial charge in [-0.25, -0.2) is 0 Å². The second kappa shape index (κ2) is 4.90. The molecule has 16 heavy (non-hydrogen) atoms. The molecule has 5 heteroatoms. The number of aryl methyl sites for hydroxylation is 1. The van der Waals surface area contributed by atoms with Crippen molar-refractivity contribution in [2.24, 2.45) is 0 Å². The third-order valence-corrected chi connectivity index (χ3v) is 2.28. The fourth-order valence-corrected chi connectivity index (χ4v) is 1.31. The van der Waals surface area contributed by atoms with Crippen LogP contribution in [0.2, 0.25) is 0 Å². The number of hydrogen-bond acceptors (Lipinski definition) is 4. The molecule has 0 saturated carbocycles. The Balaban J connectivity index is 2.18. The van der Waals surface area contributed by atoms with Gasteiger partial charge < -0.3 is 4.74 Å². The predicted octanol–water partition coefficient (Wildman–Crippen LogP) is 2.71. The first-order valence-electron chi connectivity index (χ1n) is 4.77. The molecule has 0 aliphatic carbocycles. The van der Waals surface area contributed by atoms with E-state index in [1.54, 1.807) is 18.3 Å². The standard InChI is InChI=1S/C11H10ClN3O/c1-8-10(3-2-6-13-8)16-11-5-4-9(7-12)14-15-11/h2-6H,7H2,1H3. The van der Waals surface area contributed by atoms with Crippen molar-refractivity contribution < 1.29 is 4.74 Å². The van der Waals surface area contributed by atoms with Crippen molar-refractivity contribution in [3.05, 3.63) is 41.9 Å². The summed E-state index contributed by atoms with van der Waals surface area (Å²) in [6.07, 6.45) is 1.71. The molecule has 2 aromatic rings. The lowest BCUT2D eigenvalue weighted by atomic mass is 10.3. The van der Waals surface area contributed by atoms with Crippen LogP contribution >= 0.6 is 11.6 Å². The lowest BCUT2D eigenvalue weighted by Gasteiger charge is -2.05. The molecule has 0 unspecified atom stereocenters. The van der Waals surface area contributed by atoms with E-state index in [9.17, 15) is 0 Å². The molecule has 2 rings (SSSR count). The second-order valence-corrected chi connectivity index (χ2v) is 3.45. The van der Waals surface area contributed by atoms with Gasteiger partial charge in [-0.2, -0.15) is 5.10 Å². The first-order chi connectivity index (χ1) is 7.79. The second-order valence-electron chi connectivity index (χ2n) is 3.19. The van der Waals surface area contributed by atoms with Crippen molar-refractivity contribution in [2.75, 3.05) is 0 Å². The van der Waals surface area contributed by atoms with E-state index in [2.05, 4.69) is 15.2 Å². The molecule has 0 N–H and O–H groups in total. The first kappa shape index (κ1) is 10.8. The fourth-order valence-electron chi connectivity index (χ4n) is 1.16. The van der Waals surface area contributed by atoms with Gasteiger partial charge in [-0.15, -0.1) is 16.7 Å². The average molecular weight is 236 g/mol. The maximum atomic E-state index is 5.61. The highest BCUT2D eigenvalue weighted by Crippen LogP contribution is 2.20. The van der Waals surface area contributed by atoms with Gasteiger partial charge in [0, 0.05) is 12.3 Å². The van der Waals surface area contributed by atoms with E-state index in [1.165, 1.54) is 0 Å². The number of pyridine rings is 1. The first-order valence-corrected chi connectivity index (χ1v) is 5.31. The minimum absolute atomic E-state index is 0.346. The van der Waals surface area contributed by atoms with Crippen molar-refractivity contribution in [3.8, 4) is 11.6 Å². The van der Waals surface area contributed by atoms with E-state index in [1.807, 2.05) is 19.1 Å². The normalized spacial score (nSPS) is 10.1. The summed E-state index contributed by atoms with van der Waals surface area (Å²) in [4.78, 5) is 4.11. The molecular formula is C11H10ClN3O. The Kier molecular flexibility index (Phi) is 3.31. The molecule has 0 aliphatic heterocycles. The quantitative estimate of drug-likeness (QED) is 0.768. The molecule has 4 nitrogen and oxygen atoms in total. The predicted molar refractivity (Wildman–Crippen MR) is 60.6 cm³/mol. The van der Waals surface area contributed by atoms with Crippen LogP contribution in [-0.2, 0) is 5.88 Å². The Hall–Kier alpha value is -1.68. The number of rotatable bonds is 3. The van der Waals surface area contributed by atoms with Crippen molar-refractivity contribution >= 4 is 11.6 Å². The Morgan fingerprint density at radius 3 is 2.75 bits per heavy atom. The molecule has 2 heterocycles. The SMILES string of the molecule is Cc1ncccc1Oc1ccc(CCl)nn1. The maximum absolute atomic E-state index is 5.61. The van der Waals surface area contributed by atoms with Crippen LogP contribution in [0.25, 0.3) is 0 Å². The summed E-state index contributed by atoms with van der Waals surface area (Å²) in [6, 6.07) is 7.15. The Morgan fingerprint density at radius 2 is 2.12 bits per heavy atom. The molecule has 2 aromatic heterocycles. The zero-order valence-electron chi connectivity index (χ0n) is 8.72. The van der Waals surface area contributed by atoms with Gasteiger partial charge in [0.2, 0.25) is 5.88 Å². The van der Waals surface area contributed by atoms with Crippen LogP contribution in [0.1, 0.15) is 11.4 Å². The van der Waals surface area contributed by atoms with Gasteiger partial charge in [-0.3, -0.25) is 4.98 Å². The molecule has 0 fully saturated rings. The summed E-state index contributed by atoms with van der Waals surface area (Å²) >= 11 is 5.61. The highest BCUT2D eigenvalue weighted by molar-refractivity contribution is 6.16. The molecule has 82 valence electrons. The van der Waals surface area contributed by atoms with Crippen LogP contribution in [0.3, 0.4) is 0 Å². The van der Waals surface area contributed by atoms with Gasteiger partial charge in [0.15, 0.2) is 5.75 Å². The Morgan fingerprint density at radius 1 is 1.25 bits per heavy atom. The van der Waals surface area contributed by atoms with Crippen molar-refractivity contribution in [2.45, 2.75) is 12.8 Å². The molecule has 0 bridgehead atoms. The molecule has 0 aromatic carbocycles. The highest BCUT2D eigenvalue weighted by Gasteiger charge is 2.03. The number of aromatic nitrogens is 3. The molecule has 0 atom stereocenters. The van der Waals surface area contributed by atoms with Gasteiger partial charge >= 0.3 is 0 Å². The van der Waals surface area contributed by atoms with Crippen LogP contribution in [-0.4, -0.2) is 15.2 Å². The number of halogens is 1. The Labute approximate surface area is 98.3 Å². The number of alkyl halides is 1. The van der Waals surface area contributed by atoms with Gasteiger partial charge in [0.1, 0.15) is 0 Å². The third kappa shape index (κ3) is 2.46. The largest absolute Gasteiger partial charge is 0.436 e. The third-order valence-electron chi connectivity index (χ3n) is 2.01. The monoisotopic (exact) mass is 235 g/mol. The molecule has 0 saturated heterocycles. The smallest absolute Gasteiger partial charge is 0.238 e. The maximum Gasteiger partial charge on any atom is 0.238 e. The lowest BCUT2D eigenvalue weighted by Crippen LogP contribution is -1.95. The average Bonchev–Trinajstić information content (AvgIpc) is 2.33. The van der Waals surface area contributed by atoms with E-state index in [0.29, 0.717) is 17.5 Å². The minimum atomic E-state index is 0.346. The summed E-state index contributed by atoms with van der Waals surface area (Å²) in [5, 5.41) is 7.80. The van der Waals surface area contributed by atoms with Crippen LogP contribution < -0.4 is 4.74 Å². The number of nitrogens with zero attached hydrogens (tertiary/aromatic N) is 3. The van der Waals surface area contributed by atoms with E-state index in [4.69, 9.17) is 16.3 Å². The topological polar surface area (TPSA) is 47.9 Å². The van der Waals surface area contributed by atoms with Crippen LogP contribution in [0, 0.1) is 6.92 Å². The van der Waals surface area contributed by atoms with E-state index in [-0.39, 0.29) is 0 Å². The van der Waals surface area contributed by atoms with Gasteiger partial charge in [0.05, 0.1) is 17.3 Å². The van der Waals surface area contributed by atoms with Crippen molar-refractivity contribution in [1.29, 1.82) is 0 Å². The van der Waals surface area contributed by atoms with Gasteiger partial charge in [-0.05, 0) is 25.1 Å².